The average Bonchev–Trinajstić information content (AvgIpc) is 2.85. The van der Waals surface area contributed by atoms with Crippen LogP contribution in [0, 0.1) is 0 Å². The van der Waals surface area contributed by atoms with Gasteiger partial charge in [-0.15, -0.1) is 11.8 Å². The molecule has 0 spiro atoms. The van der Waals surface area contributed by atoms with Gasteiger partial charge in [0, 0.05) is 16.9 Å². The lowest BCUT2D eigenvalue weighted by molar-refractivity contribution is -0.139. The Kier molecular flexibility index (Phi) is 5.52. The number of hydrogen-bond acceptors (Lipinski definition) is 4. The Balaban J connectivity index is 2.05. The first-order valence-electron chi connectivity index (χ1n) is 8.96. The molecule has 134 valence electrons. The molecule has 4 nitrogen and oxygen atoms in total. The van der Waals surface area contributed by atoms with E-state index in [0.29, 0.717) is 21.8 Å². The summed E-state index contributed by atoms with van der Waals surface area (Å²) in [6.07, 6.45) is 5.18. The van der Waals surface area contributed by atoms with E-state index in [1.807, 2.05) is 38.1 Å². The Bertz CT molecular complexity index is 705. The van der Waals surface area contributed by atoms with Crippen LogP contribution in [0.1, 0.15) is 51.5 Å². The number of ether oxygens (including phenoxy) is 1. The zero-order valence-corrected chi connectivity index (χ0v) is 15.9. The van der Waals surface area contributed by atoms with Crippen LogP contribution >= 0.6 is 11.8 Å². The highest BCUT2D eigenvalue weighted by Crippen LogP contribution is 2.42. The zero-order chi connectivity index (χ0) is 18.0. The first-order valence-corrected chi connectivity index (χ1v) is 9.84. The van der Waals surface area contributed by atoms with Crippen molar-refractivity contribution < 1.29 is 14.3 Å². The fourth-order valence-electron chi connectivity index (χ4n) is 3.63. The molecule has 0 aromatic heterocycles. The molecule has 1 saturated carbocycles. The second-order valence-corrected chi connectivity index (χ2v) is 8.43. The van der Waals surface area contributed by atoms with E-state index >= 15 is 0 Å². The molecule has 0 radical (unpaired) electrons. The van der Waals surface area contributed by atoms with E-state index in [1.54, 1.807) is 7.11 Å². The van der Waals surface area contributed by atoms with Crippen molar-refractivity contribution in [1.29, 1.82) is 0 Å². The van der Waals surface area contributed by atoms with E-state index in [4.69, 9.17) is 4.74 Å². The zero-order valence-electron chi connectivity index (χ0n) is 15.1. The van der Waals surface area contributed by atoms with Crippen LogP contribution in [0.15, 0.2) is 29.2 Å². The quantitative estimate of drug-likeness (QED) is 0.738. The van der Waals surface area contributed by atoms with E-state index in [0.717, 1.165) is 25.7 Å². The minimum Gasteiger partial charge on any atom is -0.496 e. The third kappa shape index (κ3) is 3.47. The van der Waals surface area contributed by atoms with Gasteiger partial charge < -0.3 is 4.74 Å². The fraction of sp³-hybridized carbons (Fsp3) is 0.500. The number of imide groups is 1. The molecular weight excluding hydrogens is 334 g/mol. The van der Waals surface area contributed by atoms with Gasteiger partial charge in [-0.3, -0.25) is 14.5 Å². The number of para-hydroxylation sites is 1. The van der Waals surface area contributed by atoms with Crippen LogP contribution in [0.4, 0.5) is 0 Å². The number of nitrogens with zero attached hydrogens (tertiary/aromatic N) is 1. The Morgan fingerprint density at radius 2 is 1.76 bits per heavy atom. The molecule has 2 aliphatic rings. The SMILES string of the molecule is COc1ccccc1C1=C(SC(C)C)C(=O)N(C2CCCCC2)C1=O. The third-order valence-electron chi connectivity index (χ3n) is 4.74. The summed E-state index contributed by atoms with van der Waals surface area (Å²) < 4.78 is 5.45. The predicted octanol–water partition coefficient (Wildman–Crippen LogP) is 4.25. The molecule has 0 saturated heterocycles. The number of hydrogen-bond donors (Lipinski definition) is 0. The van der Waals surface area contributed by atoms with Gasteiger partial charge >= 0.3 is 0 Å². The molecular formula is C20H25NO3S. The predicted molar refractivity (Wildman–Crippen MR) is 101 cm³/mol. The summed E-state index contributed by atoms with van der Waals surface area (Å²) in [5.41, 5.74) is 1.22. The molecule has 1 aliphatic carbocycles. The van der Waals surface area contributed by atoms with Gasteiger partial charge in [-0.05, 0) is 18.9 Å². The van der Waals surface area contributed by atoms with Crippen LogP contribution in [0.2, 0.25) is 0 Å². The number of methoxy groups -OCH3 is 1. The second-order valence-electron chi connectivity index (χ2n) is 6.84. The van der Waals surface area contributed by atoms with Crippen molar-refractivity contribution in [3.8, 4) is 5.75 Å². The molecule has 0 bridgehead atoms. The van der Waals surface area contributed by atoms with Crippen molar-refractivity contribution in [2.24, 2.45) is 0 Å². The number of amides is 2. The standard InChI is InChI=1S/C20H25NO3S/c1-13(2)25-18-17(15-11-7-8-12-16(15)24-3)19(22)21(20(18)23)14-9-5-4-6-10-14/h7-8,11-14H,4-6,9-10H2,1-3H3. The average molecular weight is 359 g/mol. The molecule has 1 aromatic rings. The van der Waals surface area contributed by atoms with Gasteiger partial charge in [0.25, 0.3) is 11.8 Å². The highest BCUT2D eigenvalue weighted by Gasteiger charge is 2.43. The molecule has 1 aromatic carbocycles. The Morgan fingerprint density at radius 3 is 2.40 bits per heavy atom. The van der Waals surface area contributed by atoms with Crippen LogP contribution in [0.25, 0.3) is 5.57 Å². The van der Waals surface area contributed by atoms with E-state index in [9.17, 15) is 9.59 Å². The Hall–Kier alpha value is -1.75. The molecule has 25 heavy (non-hydrogen) atoms. The minimum absolute atomic E-state index is 0.0312. The summed E-state index contributed by atoms with van der Waals surface area (Å²) in [7, 11) is 1.59. The normalized spacial score (nSPS) is 19.3. The minimum atomic E-state index is -0.162. The van der Waals surface area contributed by atoms with Crippen molar-refractivity contribution in [3.05, 3.63) is 34.7 Å². The molecule has 0 unspecified atom stereocenters. The lowest BCUT2D eigenvalue weighted by atomic mass is 9.94. The van der Waals surface area contributed by atoms with E-state index in [1.165, 1.54) is 23.1 Å². The summed E-state index contributed by atoms with van der Waals surface area (Å²) in [4.78, 5) is 28.5. The van der Waals surface area contributed by atoms with Crippen molar-refractivity contribution in [2.45, 2.75) is 57.2 Å². The third-order valence-corrected chi connectivity index (χ3v) is 5.83. The molecule has 1 fully saturated rings. The highest BCUT2D eigenvalue weighted by molar-refractivity contribution is 8.04. The van der Waals surface area contributed by atoms with Crippen LogP contribution in [0.3, 0.4) is 0 Å². The van der Waals surface area contributed by atoms with Crippen molar-refractivity contribution >= 4 is 29.1 Å². The smallest absolute Gasteiger partial charge is 0.268 e. The van der Waals surface area contributed by atoms with Crippen LogP contribution < -0.4 is 4.74 Å². The fourth-order valence-corrected chi connectivity index (χ4v) is 4.62. The molecule has 0 atom stereocenters. The monoisotopic (exact) mass is 359 g/mol. The van der Waals surface area contributed by atoms with Crippen LogP contribution in [-0.2, 0) is 9.59 Å². The summed E-state index contributed by atoms with van der Waals surface area (Å²) in [6, 6.07) is 7.48. The number of carbonyl (C=O) groups is 2. The Labute approximate surface area is 153 Å². The van der Waals surface area contributed by atoms with Gasteiger partial charge in [0.05, 0.1) is 17.6 Å². The molecule has 3 rings (SSSR count). The summed E-state index contributed by atoms with van der Waals surface area (Å²) in [5, 5.41) is 0.225. The molecule has 1 aliphatic heterocycles. The Morgan fingerprint density at radius 1 is 1.08 bits per heavy atom. The van der Waals surface area contributed by atoms with E-state index in [-0.39, 0.29) is 23.1 Å². The highest BCUT2D eigenvalue weighted by atomic mass is 32.2. The number of carbonyl (C=O) groups excluding carboxylic acids is 2. The number of thioether (sulfide) groups is 1. The summed E-state index contributed by atoms with van der Waals surface area (Å²) >= 11 is 1.48. The maximum Gasteiger partial charge on any atom is 0.268 e. The summed E-state index contributed by atoms with van der Waals surface area (Å²) in [6.45, 7) is 4.08. The van der Waals surface area contributed by atoms with E-state index in [2.05, 4.69) is 0 Å². The van der Waals surface area contributed by atoms with Gasteiger partial charge in [0.1, 0.15) is 5.75 Å². The van der Waals surface area contributed by atoms with Gasteiger partial charge in [0.2, 0.25) is 0 Å². The maximum atomic E-state index is 13.3. The van der Waals surface area contributed by atoms with E-state index < -0.39 is 0 Å². The first kappa shape index (κ1) is 18.1. The maximum absolute atomic E-state index is 13.3. The van der Waals surface area contributed by atoms with Gasteiger partial charge in [0.15, 0.2) is 0 Å². The summed E-state index contributed by atoms with van der Waals surface area (Å²) in [5.74, 6) is 0.340. The molecule has 0 N–H and O–H groups in total. The largest absolute Gasteiger partial charge is 0.496 e. The van der Waals surface area contributed by atoms with Crippen LogP contribution in [0.5, 0.6) is 5.75 Å². The van der Waals surface area contributed by atoms with Crippen molar-refractivity contribution in [3.63, 3.8) is 0 Å². The van der Waals surface area contributed by atoms with Crippen molar-refractivity contribution in [2.75, 3.05) is 7.11 Å². The molecule has 2 amide bonds. The van der Waals surface area contributed by atoms with Gasteiger partial charge in [-0.25, -0.2) is 0 Å². The number of benzene rings is 1. The lowest BCUT2D eigenvalue weighted by Crippen LogP contribution is -2.42. The van der Waals surface area contributed by atoms with Gasteiger partial charge in [-0.1, -0.05) is 51.3 Å². The van der Waals surface area contributed by atoms with Gasteiger partial charge in [-0.2, -0.15) is 0 Å². The van der Waals surface area contributed by atoms with Crippen molar-refractivity contribution in [1.82, 2.24) is 4.90 Å². The lowest BCUT2D eigenvalue weighted by Gasteiger charge is -2.30. The molecule has 1 heterocycles. The topological polar surface area (TPSA) is 46.6 Å². The van der Waals surface area contributed by atoms with Crippen LogP contribution in [-0.4, -0.2) is 35.1 Å². The number of rotatable bonds is 5. The first-order chi connectivity index (χ1) is 12.0. The second kappa shape index (κ2) is 7.65. The molecule has 5 heteroatoms.